The molecule has 0 aromatic carbocycles. The van der Waals surface area contributed by atoms with Crippen molar-refractivity contribution in [3.63, 3.8) is 0 Å². The van der Waals surface area contributed by atoms with E-state index in [0.717, 1.165) is 49.3 Å². The van der Waals surface area contributed by atoms with Crippen LogP contribution in [0.1, 0.15) is 58.8 Å². The van der Waals surface area contributed by atoms with Crippen LogP contribution in [0.2, 0.25) is 0 Å². The molecular weight excluding hydrogens is 338 g/mol. The molecular formula is C20H28ClNO3. The summed E-state index contributed by atoms with van der Waals surface area (Å²) in [6, 6.07) is 0. The third-order valence-electron chi connectivity index (χ3n) is 8.33. The van der Waals surface area contributed by atoms with Gasteiger partial charge in [0.05, 0.1) is 5.92 Å². The van der Waals surface area contributed by atoms with Gasteiger partial charge in [-0.1, -0.05) is 25.4 Å². The summed E-state index contributed by atoms with van der Waals surface area (Å²) in [7, 11) is 1.86. The van der Waals surface area contributed by atoms with Crippen molar-refractivity contribution in [3.05, 3.63) is 10.7 Å². The van der Waals surface area contributed by atoms with E-state index in [4.69, 9.17) is 11.6 Å². The number of piperidine rings is 1. The topological polar surface area (TPSA) is 57.6 Å². The maximum Gasteiger partial charge on any atom is 0.307 e. The Morgan fingerprint density at radius 1 is 1.20 bits per heavy atom. The van der Waals surface area contributed by atoms with E-state index in [2.05, 4.69) is 13.8 Å². The van der Waals surface area contributed by atoms with Crippen molar-refractivity contribution in [1.82, 2.24) is 4.90 Å². The van der Waals surface area contributed by atoms with Gasteiger partial charge in [-0.3, -0.25) is 9.59 Å². The molecule has 5 heteroatoms. The molecule has 0 radical (unpaired) electrons. The van der Waals surface area contributed by atoms with Gasteiger partial charge in [-0.05, 0) is 61.7 Å². The third-order valence-corrected chi connectivity index (χ3v) is 8.67. The highest BCUT2D eigenvalue weighted by atomic mass is 35.5. The number of likely N-dealkylation sites (tertiary alicyclic amines) is 1. The number of hydrogen-bond acceptors (Lipinski definition) is 2. The van der Waals surface area contributed by atoms with Gasteiger partial charge in [0.1, 0.15) is 0 Å². The third kappa shape index (κ3) is 2.19. The average molecular weight is 366 g/mol. The standard InChI is InChI=1S/C20H28ClNO3/c1-19-8-6-13-11(12(19)4-5-14(19)18(24)25)10-15(21)17-20(13,2)9-7-16(23)22(17)3/h11-14H,4-10H2,1-3H3,(H,24,25)/t11?,12?,13?,14-,19+,20-/m1/s1. The molecule has 0 aromatic heterocycles. The Morgan fingerprint density at radius 2 is 1.92 bits per heavy atom. The summed E-state index contributed by atoms with van der Waals surface area (Å²) in [5.74, 6) is 0.706. The van der Waals surface area contributed by atoms with E-state index < -0.39 is 5.97 Å². The van der Waals surface area contributed by atoms with E-state index in [1.807, 2.05) is 7.05 Å². The predicted octanol–water partition coefficient (Wildman–Crippen LogP) is 4.24. The largest absolute Gasteiger partial charge is 0.481 e. The highest BCUT2D eigenvalue weighted by molar-refractivity contribution is 6.30. The summed E-state index contributed by atoms with van der Waals surface area (Å²) < 4.78 is 0. The molecule has 6 atom stereocenters. The summed E-state index contributed by atoms with van der Waals surface area (Å²) in [6.45, 7) is 4.49. The van der Waals surface area contributed by atoms with Crippen LogP contribution >= 0.6 is 11.6 Å². The van der Waals surface area contributed by atoms with E-state index >= 15 is 0 Å². The maximum atomic E-state index is 12.2. The number of carbonyl (C=O) groups is 2. The number of carboxylic acids is 1. The Labute approximate surface area is 154 Å². The highest BCUT2D eigenvalue weighted by Crippen LogP contribution is 2.67. The van der Waals surface area contributed by atoms with Crippen LogP contribution in [0, 0.1) is 34.5 Å². The van der Waals surface area contributed by atoms with Gasteiger partial charge in [-0.15, -0.1) is 0 Å². The van der Waals surface area contributed by atoms with Crippen LogP contribution in [-0.2, 0) is 9.59 Å². The lowest BCUT2D eigenvalue weighted by molar-refractivity contribution is -0.150. The molecule has 3 fully saturated rings. The summed E-state index contributed by atoms with van der Waals surface area (Å²) in [5, 5.41) is 10.5. The predicted molar refractivity (Wildman–Crippen MR) is 95.8 cm³/mol. The van der Waals surface area contributed by atoms with E-state index in [-0.39, 0.29) is 22.7 Å². The number of aliphatic carboxylic acids is 1. The first-order valence-corrected chi connectivity index (χ1v) is 9.96. The second-order valence-corrected chi connectivity index (χ2v) is 9.67. The number of carboxylic acid groups (broad SMARTS) is 1. The minimum atomic E-state index is -0.629. The van der Waals surface area contributed by atoms with E-state index in [1.165, 1.54) is 0 Å². The molecule has 0 aromatic rings. The summed E-state index contributed by atoms with van der Waals surface area (Å²) >= 11 is 6.76. The Hall–Kier alpha value is -1.03. The molecule has 3 unspecified atom stereocenters. The van der Waals surface area contributed by atoms with Crippen molar-refractivity contribution >= 4 is 23.5 Å². The summed E-state index contributed by atoms with van der Waals surface area (Å²) in [4.78, 5) is 25.8. The monoisotopic (exact) mass is 365 g/mol. The van der Waals surface area contributed by atoms with Crippen molar-refractivity contribution in [1.29, 1.82) is 0 Å². The van der Waals surface area contributed by atoms with Gasteiger partial charge in [0.2, 0.25) is 5.91 Å². The van der Waals surface area contributed by atoms with Crippen molar-refractivity contribution in [2.75, 3.05) is 7.05 Å². The maximum absolute atomic E-state index is 12.2. The smallest absolute Gasteiger partial charge is 0.307 e. The zero-order valence-electron chi connectivity index (χ0n) is 15.3. The van der Waals surface area contributed by atoms with Gasteiger partial charge in [0.25, 0.3) is 0 Å². The number of allylic oxidation sites excluding steroid dienone is 2. The van der Waals surface area contributed by atoms with Crippen molar-refractivity contribution in [2.45, 2.75) is 58.8 Å². The van der Waals surface area contributed by atoms with Crippen LogP contribution in [0.5, 0.6) is 0 Å². The summed E-state index contributed by atoms with van der Waals surface area (Å²) in [6.07, 6.45) is 6.09. The lowest BCUT2D eigenvalue weighted by atomic mass is 9.49. The molecule has 3 aliphatic carbocycles. The van der Waals surface area contributed by atoms with Crippen molar-refractivity contribution in [2.24, 2.45) is 34.5 Å². The van der Waals surface area contributed by atoms with Gasteiger partial charge in [-0.2, -0.15) is 0 Å². The molecule has 4 rings (SSSR count). The van der Waals surface area contributed by atoms with Crippen LogP contribution < -0.4 is 0 Å². The number of nitrogens with zero attached hydrogens (tertiary/aromatic N) is 1. The van der Waals surface area contributed by atoms with Gasteiger partial charge in [-0.25, -0.2) is 0 Å². The molecule has 4 nitrogen and oxygen atoms in total. The molecule has 2 saturated carbocycles. The normalized spacial score (nSPS) is 46.6. The quantitative estimate of drug-likeness (QED) is 0.756. The van der Waals surface area contributed by atoms with E-state index in [1.54, 1.807) is 4.90 Å². The zero-order chi connectivity index (χ0) is 18.1. The average Bonchev–Trinajstić information content (AvgIpc) is 2.89. The Morgan fingerprint density at radius 3 is 2.60 bits per heavy atom. The minimum absolute atomic E-state index is 0.0503. The molecule has 0 bridgehead atoms. The Balaban J connectivity index is 1.74. The molecule has 1 aliphatic heterocycles. The fraction of sp³-hybridized carbons (Fsp3) is 0.800. The lowest BCUT2D eigenvalue weighted by Gasteiger charge is -2.58. The number of amides is 1. The van der Waals surface area contributed by atoms with Gasteiger partial charge in [0.15, 0.2) is 0 Å². The van der Waals surface area contributed by atoms with Gasteiger partial charge < -0.3 is 10.0 Å². The van der Waals surface area contributed by atoms with Crippen LogP contribution in [0.15, 0.2) is 10.7 Å². The van der Waals surface area contributed by atoms with Crippen LogP contribution in [0.25, 0.3) is 0 Å². The van der Waals surface area contributed by atoms with Crippen LogP contribution in [0.3, 0.4) is 0 Å². The highest BCUT2D eigenvalue weighted by Gasteiger charge is 2.61. The number of hydrogen-bond donors (Lipinski definition) is 1. The first-order chi connectivity index (χ1) is 11.7. The zero-order valence-corrected chi connectivity index (χ0v) is 16.1. The number of halogens is 1. The Bertz CT molecular complexity index is 674. The van der Waals surface area contributed by atoms with Crippen molar-refractivity contribution in [3.8, 4) is 0 Å². The van der Waals surface area contributed by atoms with Crippen LogP contribution in [-0.4, -0.2) is 28.9 Å². The number of rotatable bonds is 1. The first kappa shape index (κ1) is 17.4. The second kappa shape index (κ2) is 5.48. The molecule has 1 amide bonds. The Kier molecular flexibility index (Phi) is 3.81. The fourth-order valence-electron chi connectivity index (χ4n) is 7.09. The number of carbonyl (C=O) groups excluding carboxylic acids is 1. The van der Waals surface area contributed by atoms with E-state index in [0.29, 0.717) is 24.2 Å². The molecule has 1 heterocycles. The van der Waals surface area contributed by atoms with Crippen LogP contribution in [0.4, 0.5) is 0 Å². The molecule has 25 heavy (non-hydrogen) atoms. The first-order valence-electron chi connectivity index (χ1n) is 9.58. The second-order valence-electron chi connectivity index (χ2n) is 9.22. The van der Waals surface area contributed by atoms with Gasteiger partial charge in [0, 0.05) is 29.6 Å². The molecule has 0 spiro atoms. The van der Waals surface area contributed by atoms with Crippen molar-refractivity contribution < 1.29 is 14.7 Å². The molecule has 4 aliphatic rings. The molecule has 138 valence electrons. The lowest BCUT2D eigenvalue weighted by Crippen LogP contribution is -2.54. The number of fused-ring (bicyclic) bond motifs is 5. The summed E-state index contributed by atoms with van der Waals surface area (Å²) in [5.41, 5.74) is 0.891. The molecule has 1 saturated heterocycles. The van der Waals surface area contributed by atoms with E-state index in [9.17, 15) is 14.7 Å². The molecule has 1 N–H and O–H groups in total. The minimum Gasteiger partial charge on any atom is -0.481 e. The van der Waals surface area contributed by atoms with Gasteiger partial charge >= 0.3 is 5.97 Å². The SMILES string of the molecule is CN1C(=O)CC[C@@]2(C)C1=C(Cl)CC1C2CC[C@@]2(C)C1CC[C@@H]2C(=O)O. The fourth-order valence-corrected chi connectivity index (χ4v) is 7.61.